The minimum Gasteiger partial charge on any atom is -0.481 e. The fourth-order valence-electron chi connectivity index (χ4n) is 2.20. The molecule has 2 amide bonds. The van der Waals surface area contributed by atoms with Crippen molar-refractivity contribution in [1.29, 1.82) is 0 Å². The van der Waals surface area contributed by atoms with Gasteiger partial charge in [0.2, 0.25) is 0 Å². The zero-order valence-corrected chi connectivity index (χ0v) is 13.9. The molecular formula is C15H32N3O3+. The first-order valence-corrected chi connectivity index (χ1v) is 7.81. The molecule has 21 heavy (non-hydrogen) atoms. The van der Waals surface area contributed by atoms with Crippen LogP contribution in [0.2, 0.25) is 0 Å². The van der Waals surface area contributed by atoms with Crippen LogP contribution < -0.4 is 10.6 Å². The molecular weight excluding hydrogens is 270 g/mol. The van der Waals surface area contributed by atoms with Gasteiger partial charge in [0.05, 0.1) is 40.2 Å². The number of hydrogen-bond donors (Lipinski definition) is 3. The highest BCUT2D eigenvalue weighted by atomic mass is 16.4. The number of carbonyl (C=O) groups excluding carboxylic acids is 1. The van der Waals surface area contributed by atoms with Crippen molar-refractivity contribution in [1.82, 2.24) is 10.6 Å². The van der Waals surface area contributed by atoms with Gasteiger partial charge in [0, 0.05) is 6.54 Å². The van der Waals surface area contributed by atoms with E-state index in [9.17, 15) is 9.59 Å². The third-order valence-corrected chi connectivity index (χ3v) is 3.09. The van der Waals surface area contributed by atoms with Crippen molar-refractivity contribution in [3.63, 3.8) is 0 Å². The highest BCUT2D eigenvalue weighted by Gasteiger charge is 2.22. The van der Waals surface area contributed by atoms with Crippen molar-refractivity contribution < 1.29 is 19.2 Å². The van der Waals surface area contributed by atoms with Crippen LogP contribution in [0, 0.1) is 0 Å². The summed E-state index contributed by atoms with van der Waals surface area (Å²) in [6.45, 7) is 3.39. The number of likely N-dealkylation sites (N-methyl/N-ethyl adjacent to an activating group) is 1. The molecule has 0 fully saturated rings. The standard InChI is InChI=1S/C15H31N3O3/c1-5-6-7-8-9-10-16-15(21)17-13(11-14(19)20)12-18(2,3)4/h13H,5-12H2,1-4H3,(H2-,16,17,19,20,21)/p+1/t13-/m1/s1. The maximum absolute atomic E-state index is 11.8. The molecule has 0 heterocycles. The van der Waals surface area contributed by atoms with Gasteiger partial charge in [0.1, 0.15) is 0 Å². The largest absolute Gasteiger partial charge is 0.481 e. The lowest BCUT2D eigenvalue weighted by Crippen LogP contribution is -2.52. The first-order valence-electron chi connectivity index (χ1n) is 7.81. The minimum absolute atomic E-state index is 0.0561. The lowest BCUT2D eigenvalue weighted by atomic mass is 10.1. The minimum atomic E-state index is -0.895. The Kier molecular flexibility index (Phi) is 9.78. The SMILES string of the molecule is CCCCCCCNC(=O)N[C@H](CC(=O)O)C[N+](C)(C)C. The molecule has 124 valence electrons. The number of carboxylic acid groups (broad SMARTS) is 1. The molecule has 0 saturated heterocycles. The number of carbonyl (C=O) groups is 2. The van der Waals surface area contributed by atoms with E-state index >= 15 is 0 Å². The van der Waals surface area contributed by atoms with Gasteiger partial charge in [-0.05, 0) is 6.42 Å². The Morgan fingerprint density at radius 3 is 2.24 bits per heavy atom. The highest BCUT2D eigenvalue weighted by Crippen LogP contribution is 2.02. The van der Waals surface area contributed by atoms with Crippen LogP contribution in [0.3, 0.4) is 0 Å². The zero-order chi connectivity index (χ0) is 16.3. The molecule has 0 aromatic carbocycles. The van der Waals surface area contributed by atoms with Crippen molar-refractivity contribution in [3.8, 4) is 0 Å². The van der Waals surface area contributed by atoms with E-state index in [1.54, 1.807) is 0 Å². The van der Waals surface area contributed by atoms with Crippen molar-refractivity contribution in [3.05, 3.63) is 0 Å². The molecule has 0 aliphatic carbocycles. The Hall–Kier alpha value is -1.30. The Balaban J connectivity index is 4.01. The first-order chi connectivity index (χ1) is 9.74. The fourth-order valence-corrected chi connectivity index (χ4v) is 2.20. The smallest absolute Gasteiger partial charge is 0.315 e. The molecule has 3 N–H and O–H groups in total. The normalized spacial score (nSPS) is 12.8. The van der Waals surface area contributed by atoms with E-state index < -0.39 is 5.97 Å². The Morgan fingerprint density at radius 2 is 1.71 bits per heavy atom. The lowest BCUT2D eigenvalue weighted by Gasteiger charge is -2.29. The van der Waals surface area contributed by atoms with Crippen molar-refractivity contribution in [2.75, 3.05) is 34.2 Å². The third kappa shape index (κ3) is 13.4. The van der Waals surface area contributed by atoms with Gasteiger partial charge in [0.15, 0.2) is 0 Å². The lowest BCUT2D eigenvalue weighted by molar-refractivity contribution is -0.871. The van der Waals surface area contributed by atoms with E-state index in [0.717, 1.165) is 12.8 Å². The summed E-state index contributed by atoms with van der Waals surface area (Å²) in [6, 6.07) is -0.632. The van der Waals surface area contributed by atoms with Gasteiger partial charge in [0.25, 0.3) is 0 Å². The predicted octanol–water partition coefficient (Wildman–Crippen LogP) is 1.81. The summed E-state index contributed by atoms with van der Waals surface area (Å²) >= 11 is 0. The molecule has 1 atom stereocenters. The van der Waals surface area contributed by atoms with E-state index in [2.05, 4.69) is 17.6 Å². The monoisotopic (exact) mass is 302 g/mol. The summed E-state index contributed by atoms with van der Waals surface area (Å²) in [4.78, 5) is 22.6. The number of rotatable bonds is 11. The molecule has 0 spiro atoms. The van der Waals surface area contributed by atoms with E-state index in [1.165, 1.54) is 19.3 Å². The quantitative estimate of drug-likeness (QED) is 0.402. The van der Waals surface area contributed by atoms with Crippen LogP contribution in [-0.4, -0.2) is 61.9 Å². The van der Waals surface area contributed by atoms with Crippen LogP contribution in [-0.2, 0) is 4.79 Å². The van der Waals surface area contributed by atoms with E-state index in [-0.39, 0.29) is 18.5 Å². The van der Waals surface area contributed by atoms with Crippen LogP contribution >= 0.6 is 0 Å². The maximum atomic E-state index is 11.8. The number of quaternary nitrogens is 1. The Bertz CT molecular complexity index is 314. The third-order valence-electron chi connectivity index (χ3n) is 3.09. The predicted molar refractivity (Wildman–Crippen MR) is 84.2 cm³/mol. The molecule has 0 aliphatic heterocycles. The van der Waals surface area contributed by atoms with E-state index in [4.69, 9.17) is 5.11 Å². The number of aliphatic carboxylic acids is 1. The van der Waals surface area contributed by atoms with Crippen LogP contribution in [0.1, 0.15) is 45.4 Å². The van der Waals surface area contributed by atoms with Crippen LogP contribution in [0.25, 0.3) is 0 Å². The molecule has 0 aromatic heterocycles. The van der Waals surface area contributed by atoms with Crippen molar-refractivity contribution in [2.24, 2.45) is 0 Å². The number of nitrogens with one attached hydrogen (secondary N) is 2. The average Bonchev–Trinajstić information content (AvgIpc) is 2.30. The number of urea groups is 1. The molecule has 6 nitrogen and oxygen atoms in total. The van der Waals surface area contributed by atoms with Crippen LogP contribution in [0.15, 0.2) is 0 Å². The number of amides is 2. The van der Waals surface area contributed by atoms with Crippen molar-refractivity contribution in [2.45, 2.75) is 51.5 Å². The molecule has 0 saturated carbocycles. The second-order valence-electron chi connectivity index (χ2n) is 6.58. The molecule has 0 aliphatic rings. The summed E-state index contributed by atoms with van der Waals surface area (Å²) < 4.78 is 0.606. The average molecular weight is 302 g/mol. The number of nitrogens with zero attached hydrogens (tertiary/aromatic N) is 1. The summed E-state index contributed by atoms with van der Waals surface area (Å²) in [6.07, 6.45) is 5.66. The zero-order valence-electron chi connectivity index (χ0n) is 13.9. The maximum Gasteiger partial charge on any atom is 0.315 e. The highest BCUT2D eigenvalue weighted by molar-refractivity contribution is 5.75. The fraction of sp³-hybridized carbons (Fsp3) is 0.867. The molecule has 6 heteroatoms. The van der Waals surface area contributed by atoms with Gasteiger partial charge in [-0.15, -0.1) is 0 Å². The number of carboxylic acids is 1. The second kappa shape index (κ2) is 10.4. The summed E-state index contributed by atoms with van der Waals surface area (Å²) in [7, 11) is 5.92. The molecule has 0 radical (unpaired) electrons. The number of unbranched alkanes of at least 4 members (excludes halogenated alkanes) is 4. The second-order valence-corrected chi connectivity index (χ2v) is 6.58. The summed E-state index contributed by atoms with van der Waals surface area (Å²) in [5.41, 5.74) is 0. The summed E-state index contributed by atoms with van der Waals surface area (Å²) in [5.74, 6) is -0.895. The Morgan fingerprint density at radius 1 is 1.10 bits per heavy atom. The first kappa shape index (κ1) is 19.7. The van der Waals surface area contributed by atoms with Crippen LogP contribution in [0.5, 0.6) is 0 Å². The van der Waals surface area contributed by atoms with Gasteiger partial charge < -0.3 is 20.2 Å². The summed E-state index contributed by atoms with van der Waals surface area (Å²) in [5, 5.41) is 14.5. The van der Waals surface area contributed by atoms with Gasteiger partial charge in [-0.2, -0.15) is 0 Å². The molecule has 0 aromatic rings. The van der Waals surface area contributed by atoms with Crippen LogP contribution in [0.4, 0.5) is 4.79 Å². The number of hydrogen-bond acceptors (Lipinski definition) is 2. The molecule has 0 rings (SSSR count). The van der Waals surface area contributed by atoms with Gasteiger partial charge in [-0.3, -0.25) is 4.79 Å². The van der Waals surface area contributed by atoms with Gasteiger partial charge in [-0.1, -0.05) is 32.6 Å². The topological polar surface area (TPSA) is 78.4 Å². The Labute approximate surface area is 128 Å². The van der Waals surface area contributed by atoms with Gasteiger partial charge >= 0.3 is 12.0 Å². The van der Waals surface area contributed by atoms with E-state index in [1.807, 2.05) is 21.1 Å². The molecule has 0 unspecified atom stereocenters. The molecule has 0 bridgehead atoms. The van der Waals surface area contributed by atoms with Gasteiger partial charge in [-0.25, -0.2) is 4.79 Å². The van der Waals surface area contributed by atoms with E-state index in [0.29, 0.717) is 17.6 Å². The van der Waals surface area contributed by atoms with Crippen molar-refractivity contribution >= 4 is 12.0 Å².